The first kappa shape index (κ1) is 30.6. The zero-order valence-corrected chi connectivity index (χ0v) is 20.0. The van der Waals surface area contributed by atoms with Crippen LogP contribution in [0.4, 0.5) is 65.9 Å². The summed E-state index contributed by atoms with van der Waals surface area (Å²) in [5, 5.41) is 0. The number of likely N-dealkylation sites (tertiary alicyclic amines) is 1. The summed E-state index contributed by atoms with van der Waals surface area (Å²) in [6.45, 7) is -0.721. The number of hydrogen-bond donors (Lipinski definition) is 0. The highest BCUT2D eigenvalue weighted by Gasteiger charge is 2.58. The Balaban J connectivity index is 2.40. The van der Waals surface area contributed by atoms with E-state index in [1.807, 2.05) is 0 Å². The molecule has 220 valence electrons. The molecule has 41 heavy (non-hydrogen) atoms. The molecule has 1 fully saturated rings. The van der Waals surface area contributed by atoms with Gasteiger partial charge in [0, 0.05) is 11.5 Å². The largest absolute Gasteiger partial charge is 0.297 e. The van der Waals surface area contributed by atoms with Gasteiger partial charge < -0.3 is 0 Å². The lowest BCUT2D eigenvalue weighted by Gasteiger charge is -2.53. The highest BCUT2D eigenvalue weighted by Crippen LogP contribution is 2.56. The zero-order valence-electron chi connectivity index (χ0n) is 20.0. The third kappa shape index (κ3) is 4.01. The van der Waals surface area contributed by atoms with Crippen LogP contribution < -0.4 is 0 Å². The quantitative estimate of drug-likeness (QED) is 0.142. The molecule has 4 rings (SSSR count). The van der Waals surface area contributed by atoms with Crippen molar-refractivity contribution in [2.75, 3.05) is 13.0 Å². The van der Waals surface area contributed by atoms with Crippen molar-refractivity contribution in [3.05, 3.63) is 104 Å². The molecule has 0 aromatic heterocycles. The van der Waals surface area contributed by atoms with E-state index in [1.165, 1.54) is 0 Å². The van der Waals surface area contributed by atoms with Crippen LogP contribution in [-0.4, -0.2) is 25.7 Å². The predicted octanol–water partition coefficient (Wildman–Crippen LogP) is 6.49. The van der Waals surface area contributed by atoms with Crippen molar-refractivity contribution in [2.24, 2.45) is 0 Å². The third-order valence-electron chi connectivity index (χ3n) is 7.08. The van der Waals surface area contributed by atoms with Crippen molar-refractivity contribution in [1.82, 2.24) is 4.90 Å². The van der Waals surface area contributed by atoms with Crippen molar-refractivity contribution >= 4 is 7.85 Å². The Morgan fingerprint density at radius 1 is 0.488 bits per heavy atom. The fraction of sp³-hybridized carbons (Fsp3) is 0.250. The van der Waals surface area contributed by atoms with Crippen LogP contribution in [0.3, 0.4) is 0 Å². The Morgan fingerprint density at radius 3 is 1.10 bits per heavy atom. The van der Waals surface area contributed by atoms with E-state index in [0.717, 1.165) is 7.85 Å². The van der Waals surface area contributed by atoms with Gasteiger partial charge in [0.15, 0.2) is 69.8 Å². The van der Waals surface area contributed by atoms with Gasteiger partial charge in [-0.2, -0.15) is 0 Å². The van der Waals surface area contributed by atoms with Crippen LogP contribution in [0.1, 0.15) is 35.4 Å². The molecule has 3 aromatic rings. The summed E-state index contributed by atoms with van der Waals surface area (Å²) < 4.78 is 220. The Bertz CT molecular complexity index is 1430. The summed E-state index contributed by atoms with van der Waals surface area (Å²) in [6, 6.07) is 0. The fourth-order valence-corrected chi connectivity index (χ4v) is 5.45. The van der Waals surface area contributed by atoms with E-state index in [4.69, 9.17) is 0 Å². The summed E-state index contributed by atoms with van der Waals surface area (Å²) >= 11 is 0. The molecule has 1 aliphatic heterocycles. The topological polar surface area (TPSA) is 3.24 Å². The van der Waals surface area contributed by atoms with Crippen molar-refractivity contribution < 1.29 is 65.9 Å². The molecular weight excluding hydrogens is 598 g/mol. The van der Waals surface area contributed by atoms with Gasteiger partial charge >= 0.3 is 0 Å². The van der Waals surface area contributed by atoms with Gasteiger partial charge in [0.05, 0.1) is 16.7 Å². The standard InChI is InChI=1S/C24H11BF15N/c25-4-41-3-1-2-5(6-9(26)15(32)21(38)16(33)10(6)27)24(41,7-11(28)17(34)22(39)18(35)12(7)29)8-13(30)19(36)23(40)20(37)14(8)31/h5H,1-4,25H2. The highest BCUT2D eigenvalue weighted by molar-refractivity contribution is 6.08. The van der Waals surface area contributed by atoms with Crippen molar-refractivity contribution in [2.45, 2.75) is 24.3 Å². The molecule has 1 atom stereocenters. The number of benzene rings is 3. The smallest absolute Gasteiger partial charge is 0.200 e. The molecule has 17 heteroatoms. The molecule has 1 aliphatic rings. The van der Waals surface area contributed by atoms with Gasteiger partial charge in [-0.3, -0.25) is 4.90 Å². The lowest BCUT2D eigenvalue weighted by atomic mass is 9.63. The van der Waals surface area contributed by atoms with Crippen LogP contribution in [0.25, 0.3) is 0 Å². The number of halogens is 15. The van der Waals surface area contributed by atoms with Crippen molar-refractivity contribution in [3.8, 4) is 0 Å². The molecule has 1 saturated heterocycles. The van der Waals surface area contributed by atoms with Crippen LogP contribution in [0, 0.1) is 87.3 Å². The minimum absolute atomic E-state index is 0.357. The van der Waals surface area contributed by atoms with Crippen LogP contribution in [0.2, 0.25) is 0 Å². The molecule has 0 N–H and O–H groups in total. The van der Waals surface area contributed by atoms with E-state index < -0.39 is 141 Å². The zero-order chi connectivity index (χ0) is 30.9. The van der Waals surface area contributed by atoms with Gasteiger partial charge in [-0.1, -0.05) is 0 Å². The molecule has 0 aliphatic carbocycles. The second kappa shape index (κ2) is 10.5. The molecular formula is C24H11BF15N. The summed E-state index contributed by atoms with van der Waals surface area (Å²) in [5.41, 5.74) is -10.7. The Labute approximate surface area is 220 Å². The second-order valence-corrected chi connectivity index (χ2v) is 8.91. The summed E-state index contributed by atoms with van der Waals surface area (Å²) in [4.78, 5) is 0.357. The van der Waals surface area contributed by atoms with E-state index in [-0.39, 0.29) is 0 Å². The fourth-order valence-electron chi connectivity index (χ4n) is 5.45. The molecule has 0 spiro atoms. The predicted molar refractivity (Wildman–Crippen MR) is 112 cm³/mol. The van der Waals surface area contributed by atoms with Crippen LogP contribution in [0.5, 0.6) is 0 Å². The average molecular weight is 609 g/mol. The maximum Gasteiger partial charge on any atom is 0.200 e. The van der Waals surface area contributed by atoms with Crippen LogP contribution in [0.15, 0.2) is 0 Å². The normalized spacial score (nSPS) is 17.4. The van der Waals surface area contributed by atoms with E-state index in [0.29, 0.717) is 4.90 Å². The van der Waals surface area contributed by atoms with Gasteiger partial charge in [-0.25, -0.2) is 65.9 Å². The summed E-state index contributed by atoms with van der Waals surface area (Å²) in [6.07, 6.45) is -2.34. The van der Waals surface area contributed by atoms with E-state index in [1.54, 1.807) is 0 Å². The van der Waals surface area contributed by atoms with Gasteiger partial charge in [0.2, 0.25) is 17.5 Å². The van der Waals surface area contributed by atoms with E-state index in [2.05, 4.69) is 0 Å². The molecule has 1 unspecified atom stereocenters. The first-order valence-corrected chi connectivity index (χ1v) is 11.4. The molecule has 0 bridgehead atoms. The monoisotopic (exact) mass is 609 g/mol. The van der Waals surface area contributed by atoms with Gasteiger partial charge in [-0.05, 0) is 25.8 Å². The lowest BCUT2D eigenvalue weighted by Crippen LogP contribution is -2.57. The number of piperidine rings is 1. The third-order valence-corrected chi connectivity index (χ3v) is 7.08. The molecule has 0 radical (unpaired) electrons. The molecule has 0 saturated carbocycles. The average Bonchev–Trinajstić information content (AvgIpc) is 2.95. The van der Waals surface area contributed by atoms with Gasteiger partial charge in [0.25, 0.3) is 0 Å². The minimum Gasteiger partial charge on any atom is -0.297 e. The second-order valence-electron chi connectivity index (χ2n) is 8.91. The SMILES string of the molecule is BCN1CCCC(c2c(F)c(F)c(F)c(F)c2F)C1(c1c(F)c(F)c(F)c(F)c1F)c1c(F)c(F)c(F)c(F)c1F. The number of rotatable bonds is 4. The Kier molecular flexibility index (Phi) is 7.82. The van der Waals surface area contributed by atoms with Gasteiger partial charge in [0.1, 0.15) is 7.85 Å². The summed E-state index contributed by atoms with van der Waals surface area (Å²) in [5.74, 6) is -45.2. The first-order valence-electron chi connectivity index (χ1n) is 11.4. The Morgan fingerprint density at radius 2 is 0.780 bits per heavy atom. The summed E-state index contributed by atoms with van der Waals surface area (Å²) in [7, 11) is 0.994. The maximum absolute atomic E-state index is 15.4. The number of hydrogen-bond acceptors (Lipinski definition) is 1. The number of nitrogens with zero attached hydrogens (tertiary/aromatic N) is 1. The maximum atomic E-state index is 15.4. The molecule has 3 aromatic carbocycles. The molecule has 1 heterocycles. The van der Waals surface area contributed by atoms with Crippen molar-refractivity contribution in [3.63, 3.8) is 0 Å². The lowest BCUT2D eigenvalue weighted by molar-refractivity contribution is 0.0534. The van der Waals surface area contributed by atoms with Crippen molar-refractivity contribution in [1.29, 1.82) is 0 Å². The molecule has 1 nitrogen and oxygen atoms in total. The van der Waals surface area contributed by atoms with Crippen LogP contribution >= 0.6 is 0 Å². The highest BCUT2D eigenvalue weighted by atomic mass is 19.2. The van der Waals surface area contributed by atoms with Gasteiger partial charge in [-0.15, -0.1) is 0 Å². The van der Waals surface area contributed by atoms with E-state index >= 15 is 26.3 Å². The van der Waals surface area contributed by atoms with Crippen LogP contribution in [-0.2, 0) is 5.54 Å². The van der Waals surface area contributed by atoms with E-state index in [9.17, 15) is 39.5 Å². The first-order chi connectivity index (χ1) is 19.1. The Hall–Kier alpha value is -3.37. The minimum atomic E-state index is -3.97. The molecule has 0 amide bonds.